The summed E-state index contributed by atoms with van der Waals surface area (Å²) in [6.45, 7) is 7.55. The van der Waals surface area contributed by atoms with Gasteiger partial charge in [-0.2, -0.15) is 20.3 Å². The van der Waals surface area contributed by atoms with Gasteiger partial charge in [-0.1, -0.05) is 5.16 Å². The molecule has 0 spiro atoms. The van der Waals surface area contributed by atoms with Crippen LogP contribution in [-0.4, -0.2) is 80.0 Å². The summed E-state index contributed by atoms with van der Waals surface area (Å²) in [6, 6.07) is 6.20. The highest BCUT2D eigenvalue weighted by molar-refractivity contribution is 7.16. The summed E-state index contributed by atoms with van der Waals surface area (Å²) >= 11 is 1.46. The molecule has 46 heavy (non-hydrogen) atoms. The number of ether oxygens (including phenoxy) is 1. The van der Waals surface area contributed by atoms with Crippen LogP contribution in [0.1, 0.15) is 84.8 Å². The number of fused-ring (bicyclic) bond motifs is 1. The number of anilines is 2. The van der Waals surface area contributed by atoms with Crippen LogP contribution in [0.3, 0.4) is 0 Å². The van der Waals surface area contributed by atoms with Gasteiger partial charge in [0.15, 0.2) is 0 Å². The smallest absolute Gasteiger partial charge is 0.246 e. The second-order valence-electron chi connectivity index (χ2n) is 12.6. The lowest BCUT2D eigenvalue weighted by atomic mass is 9.72. The third-order valence-corrected chi connectivity index (χ3v) is 10.3. The summed E-state index contributed by atoms with van der Waals surface area (Å²) in [4.78, 5) is 32.3. The molecule has 0 radical (unpaired) electrons. The molecule has 14 heteroatoms. The summed E-state index contributed by atoms with van der Waals surface area (Å²) in [6.07, 6.45) is 7.23. The van der Waals surface area contributed by atoms with Gasteiger partial charge < -0.3 is 19.9 Å². The van der Waals surface area contributed by atoms with Gasteiger partial charge in [-0.3, -0.25) is 9.69 Å². The Labute approximate surface area is 272 Å². The topological polar surface area (TPSA) is 165 Å². The number of carbonyl (C=O) groups is 1. The maximum absolute atomic E-state index is 12.6. The lowest BCUT2D eigenvalue weighted by Crippen LogP contribution is -2.38. The monoisotopic (exact) mass is 644 g/mol. The van der Waals surface area contributed by atoms with Crippen molar-refractivity contribution in [2.75, 3.05) is 37.8 Å². The predicted octanol–water partition coefficient (Wildman–Crippen LogP) is 4.61. The molecule has 1 aliphatic carbocycles. The number of aryl methyl sites for hydroxylation is 2. The molecular formula is C32H40N10O3S. The van der Waals surface area contributed by atoms with Crippen molar-refractivity contribution in [2.45, 2.75) is 83.3 Å². The first kappa shape index (κ1) is 31.6. The number of likely N-dealkylation sites (N-methyl/N-ethyl adjacent to an activating group) is 1. The molecule has 4 aromatic heterocycles. The molecule has 0 unspecified atom stereocenters. The molecule has 13 nitrogen and oxygen atoms in total. The fourth-order valence-electron chi connectivity index (χ4n) is 6.67. The Bertz CT molecular complexity index is 1770. The number of aromatic nitrogens is 6. The Balaban J connectivity index is 1.28. The van der Waals surface area contributed by atoms with E-state index >= 15 is 0 Å². The van der Waals surface area contributed by atoms with E-state index in [-0.39, 0.29) is 29.7 Å². The number of thiophene rings is 1. The van der Waals surface area contributed by atoms with Gasteiger partial charge in [-0.05, 0) is 79.0 Å². The lowest BCUT2D eigenvalue weighted by molar-refractivity contribution is 0.0884. The largest absolute Gasteiger partial charge is 0.473 e. The number of likely N-dealkylation sites (tertiary alicyclic amines) is 1. The van der Waals surface area contributed by atoms with Crippen LogP contribution in [0, 0.1) is 18.3 Å². The van der Waals surface area contributed by atoms with E-state index in [1.165, 1.54) is 16.0 Å². The zero-order valence-electron chi connectivity index (χ0n) is 27.0. The van der Waals surface area contributed by atoms with Crippen LogP contribution in [0.15, 0.2) is 22.9 Å². The van der Waals surface area contributed by atoms with Gasteiger partial charge in [0.25, 0.3) is 0 Å². The third kappa shape index (κ3) is 6.09. The van der Waals surface area contributed by atoms with E-state index in [1.807, 2.05) is 37.9 Å². The SMILES string of the molecule is Cc1ccn(C(=O)CCCN(C)c2cc(O[C@@H](C)[C@@H]3CCCN3C)nc(-c3noc([C@@]4(C)CCCc5sc(N)c(C#N)c54)n3)n2)n1. The Morgan fingerprint density at radius 3 is 2.87 bits per heavy atom. The Morgan fingerprint density at radius 2 is 2.15 bits per heavy atom. The second kappa shape index (κ2) is 12.8. The molecule has 6 rings (SSSR count). The van der Waals surface area contributed by atoms with Crippen molar-refractivity contribution in [3.63, 3.8) is 0 Å². The Hall–Kier alpha value is -4.35. The van der Waals surface area contributed by atoms with E-state index in [0.29, 0.717) is 47.5 Å². The first-order chi connectivity index (χ1) is 22.1. The van der Waals surface area contributed by atoms with Crippen molar-refractivity contribution in [3.05, 3.63) is 45.9 Å². The molecule has 0 aromatic carbocycles. The maximum Gasteiger partial charge on any atom is 0.246 e. The van der Waals surface area contributed by atoms with Gasteiger partial charge in [0.05, 0.1) is 16.7 Å². The second-order valence-corrected chi connectivity index (χ2v) is 13.7. The van der Waals surface area contributed by atoms with Crippen LogP contribution in [-0.2, 0) is 11.8 Å². The van der Waals surface area contributed by atoms with Crippen molar-refractivity contribution in [2.24, 2.45) is 0 Å². The van der Waals surface area contributed by atoms with Crippen LogP contribution in [0.4, 0.5) is 10.8 Å². The van der Waals surface area contributed by atoms with Crippen molar-refractivity contribution in [1.29, 1.82) is 5.26 Å². The molecule has 5 heterocycles. The highest BCUT2D eigenvalue weighted by atomic mass is 32.1. The fraction of sp³-hybridized carbons (Fsp3) is 0.531. The standard InChI is InChI=1S/C32H40N10O3S/c1-19-12-16-42(38-19)26(43)11-8-15-41(5)24-17-25(44-20(2)22-9-7-14-40(22)4)36-29(35-24)30-37-31(45-39-30)32(3)13-6-10-23-27(32)21(18-33)28(34)46-23/h12,16-17,20,22H,6-11,13-15,34H2,1-5H3/t20-,22-,32-/m0/s1. The van der Waals surface area contributed by atoms with Gasteiger partial charge in [0.1, 0.15) is 23.0 Å². The van der Waals surface area contributed by atoms with E-state index in [0.717, 1.165) is 54.8 Å². The summed E-state index contributed by atoms with van der Waals surface area (Å²) < 4.78 is 13.7. The molecule has 0 saturated carbocycles. The third-order valence-electron chi connectivity index (χ3n) is 9.22. The number of nitrogens with zero attached hydrogens (tertiary/aromatic N) is 9. The van der Waals surface area contributed by atoms with Crippen molar-refractivity contribution in [1.82, 2.24) is 34.8 Å². The predicted molar refractivity (Wildman–Crippen MR) is 174 cm³/mol. The minimum absolute atomic E-state index is 0.0611. The summed E-state index contributed by atoms with van der Waals surface area (Å²) in [5, 5.41) is 19.0. The Morgan fingerprint density at radius 1 is 1.33 bits per heavy atom. The molecule has 1 aliphatic heterocycles. The van der Waals surface area contributed by atoms with Gasteiger partial charge in [-0.25, -0.2) is 9.67 Å². The molecule has 0 amide bonds. The number of hydrogen-bond donors (Lipinski definition) is 1. The molecule has 2 aliphatic rings. The first-order valence-electron chi connectivity index (χ1n) is 15.8. The lowest BCUT2D eigenvalue weighted by Gasteiger charge is -2.30. The molecule has 1 fully saturated rings. The Kier molecular flexibility index (Phi) is 8.80. The minimum Gasteiger partial charge on any atom is -0.473 e. The van der Waals surface area contributed by atoms with Crippen LogP contribution in [0.25, 0.3) is 11.6 Å². The van der Waals surface area contributed by atoms with Gasteiger partial charge in [-0.15, -0.1) is 11.3 Å². The molecule has 4 aromatic rings. The van der Waals surface area contributed by atoms with E-state index in [2.05, 4.69) is 35.2 Å². The van der Waals surface area contributed by atoms with Gasteiger partial charge in [0, 0.05) is 48.8 Å². The number of hydrogen-bond acceptors (Lipinski definition) is 13. The van der Waals surface area contributed by atoms with Crippen molar-refractivity contribution >= 4 is 28.1 Å². The first-order valence-corrected chi connectivity index (χ1v) is 16.6. The van der Waals surface area contributed by atoms with E-state index in [4.69, 9.17) is 29.9 Å². The molecule has 242 valence electrons. The van der Waals surface area contributed by atoms with E-state index < -0.39 is 5.41 Å². The normalized spacial score (nSPS) is 20.3. The molecular weight excluding hydrogens is 604 g/mol. The average Bonchev–Trinajstić information content (AvgIpc) is 3.84. The number of rotatable bonds is 10. The van der Waals surface area contributed by atoms with Gasteiger partial charge in [0.2, 0.25) is 29.3 Å². The number of nitrogen functional groups attached to an aromatic ring is 1. The van der Waals surface area contributed by atoms with Gasteiger partial charge >= 0.3 is 0 Å². The maximum atomic E-state index is 12.6. The van der Waals surface area contributed by atoms with E-state index in [1.54, 1.807) is 6.20 Å². The summed E-state index contributed by atoms with van der Waals surface area (Å²) in [5.41, 5.74) is 7.74. The average molecular weight is 645 g/mol. The summed E-state index contributed by atoms with van der Waals surface area (Å²) in [7, 11) is 4.04. The van der Waals surface area contributed by atoms with Crippen molar-refractivity contribution in [3.8, 4) is 23.6 Å². The zero-order valence-corrected chi connectivity index (χ0v) is 27.8. The van der Waals surface area contributed by atoms with Crippen LogP contribution in [0.2, 0.25) is 0 Å². The van der Waals surface area contributed by atoms with Crippen LogP contribution in [0.5, 0.6) is 5.88 Å². The highest BCUT2D eigenvalue weighted by Gasteiger charge is 2.43. The number of nitriles is 1. The molecule has 0 bridgehead atoms. The minimum atomic E-state index is -0.660. The quantitative estimate of drug-likeness (QED) is 0.255. The van der Waals surface area contributed by atoms with E-state index in [9.17, 15) is 10.1 Å². The highest BCUT2D eigenvalue weighted by Crippen LogP contribution is 2.48. The molecule has 1 saturated heterocycles. The number of nitrogens with two attached hydrogens (primary N) is 1. The van der Waals surface area contributed by atoms with Crippen LogP contribution >= 0.6 is 11.3 Å². The van der Waals surface area contributed by atoms with Crippen molar-refractivity contribution < 1.29 is 14.1 Å². The summed E-state index contributed by atoms with van der Waals surface area (Å²) in [5.74, 6) is 1.88. The molecule has 2 N–H and O–H groups in total. The molecule has 3 atom stereocenters. The fourth-order valence-corrected chi connectivity index (χ4v) is 7.86. The number of carbonyl (C=O) groups excluding carboxylic acids is 1. The van der Waals surface area contributed by atoms with Crippen LogP contribution < -0.4 is 15.4 Å². The zero-order chi connectivity index (χ0) is 32.6.